The van der Waals surface area contributed by atoms with Crippen molar-refractivity contribution >= 4 is 16.5 Å². The molecule has 2 fully saturated rings. The summed E-state index contributed by atoms with van der Waals surface area (Å²) in [4.78, 5) is 8.76. The van der Waals surface area contributed by atoms with Crippen LogP contribution in [0.1, 0.15) is 29.8 Å². The lowest BCUT2D eigenvalue weighted by Gasteiger charge is -2.55. The highest BCUT2D eigenvalue weighted by atomic mass is 32.1. The average molecular weight is 235 g/mol. The molecule has 0 aromatic carbocycles. The summed E-state index contributed by atoms with van der Waals surface area (Å²) in [5.41, 5.74) is 2.07. The molecule has 86 valence electrons. The van der Waals surface area contributed by atoms with E-state index in [4.69, 9.17) is 4.98 Å². The molecule has 1 aromatic rings. The smallest absolute Gasteiger partial charge is 0.185 e. The number of rotatable bonds is 1. The van der Waals surface area contributed by atoms with Crippen LogP contribution in [0.4, 0.5) is 5.13 Å². The molecule has 1 saturated carbocycles. The highest BCUT2D eigenvalue weighted by Crippen LogP contribution is 2.50. The van der Waals surface area contributed by atoms with Crippen LogP contribution < -0.4 is 10.2 Å². The minimum absolute atomic E-state index is 0.713. The Kier molecular flexibility index (Phi) is 1.89. The van der Waals surface area contributed by atoms with Crippen molar-refractivity contribution in [1.82, 2.24) is 10.3 Å². The first kappa shape index (κ1) is 9.42. The molecule has 2 aliphatic heterocycles. The van der Waals surface area contributed by atoms with Gasteiger partial charge in [-0.2, -0.15) is 0 Å². The molecule has 4 heteroatoms. The van der Waals surface area contributed by atoms with Gasteiger partial charge in [0.25, 0.3) is 0 Å². The highest BCUT2D eigenvalue weighted by Gasteiger charge is 2.48. The minimum Gasteiger partial charge on any atom is -0.347 e. The third-order valence-corrected chi connectivity index (χ3v) is 5.49. The number of anilines is 1. The van der Waals surface area contributed by atoms with Gasteiger partial charge in [-0.15, -0.1) is 11.3 Å². The van der Waals surface area contributed by atoms with Crippen LogP contribution in [-0.2, 0) is 13.0 Å². The van der Waals surface area contributed by atoms with Gasteiger partial charge in [-0.05, 0) is 12.8 Å². The third kappa shape index (κ3) is 1.26. The lowest BCUT2D eigenvalue weighted by Crippen LogP contribution is -2.59. The second kappa shape index (κ2) is 3.20. The Bertz CT molecular complexity index is 390. The van der Waals surface area contributed by atoms with Gasteiger partial charge in [0.2, 0.25) is 0 Å². The Hall–Kier alpha value is -0.610. The predicted octanol–water partition coefficient (Wildman–Crippen LogP) is 1.78. The van der Waals surface area contributed by atoms with E-state index >= 15 is 0 Å². The number of fused-ring (bicyclic) bond motifs is 1. The van der Waals surface area contributed by atoms with Gasteiger partial charge in [0.1, 0.15) is 0 Å². The van der Waals surface area contributed by atoms with Crippen molar-refractivity contribution in [2.24, 2.45) is 5.41 Å². The molecule has 16 heavy (non-hydrogen) atoms. The lowest BCUT2D eigenvalue weighted by atomic mass is 9.64. The van der Waals surface area contributed by atoms with Crippen LogP contribution in [0.5, 0.6) is 0 Å². The zero-order chi connectivity index (χ0) is 10.6. The van der Waals surface area contributed by atoms with Crippen molar-refractivity contribution in [2.75, 3.05) is 24.5 Å². The first-order valence-electron chi connectivity index (χ1n) is 6.29. The maximum absolute atomic E-state index is 4.80. The Labute approximate surface area is 99.9 Å². The SMILES string of the molecule is C1CC2(C1)CN(c1nc3c(s1)CNCC3)C2. The van der Waals surface area contributed by atoms with Crippen LogP contribution in [0.2, 0.25) is 0 Å². The Morgan fingerprint density at radius 2 is 2.19 bits per heavy atom. The molecular formula is C12H17N3S. The topological polar surface area (TPSA) is 28.2 Å². The van der Waals surface area contributed by atoms with Crippen molar-refractivity contribution in [3.63, 3.8) is 0 Å². The molecule has 3 nitrogen and oxygen atoms in total. The second-order valence-corrected chi connectivity index (χ2v) is 6.56. The summed E-state index contributed by atoms with van der Waals surface area (Å²) < 4.78 is 0. The molecule has 3 heterocycles. The van der Waals surface area contributed by atoms with E-state index in [1.54, 1.807) is 0 Å². The van der Waals surface area contributed by atoms with Crippen molar-refractivity contribution in [3.05, 3.63) is 10.6 Å². The van der Waals surface area contributed by atoms with Gasteiger partial charge in [0.05, 0.1) is 5.69 Å². The molecule has 1 aromatic heterocycles. The third-order valence-electron chi connectivity index (χ3n) is 4.33. The van der Waals surface area contributed by atoms with Crippen molar-refractivity contribution in [3.8, 4) is 0 Å². The highest BCUT2D eigenvalue weighted by molar-refractivity contribution is 7.15. The van der Waals surface area contributed by atoms with Gasteiger partial charge < -0.3 is 10.2 Å². The number of aromatic nitrogens is 1. The molecule has 0 atom stereocenters. The molecule has 1 aliphatic carbocycles. The minimum atomic E-state index is 0.713. The van der Waals surface area contributed by atoms with Crippen LogP contribution in [-0.4, -0.2) is 24.6 Å². The fourth-order valence-electron chi connectivity index (χ4n) is 3.14. The van der Waals surface area contributed by atoms with E-state index in [2.05, 4.69) is 10.2 Å². The molecular weight excluding hydrogens is 218 g/mol. The maximum Gasteiger partial charge on any atom is 0.185 e. The molecule has 0 radical (unpaired) electrons. The second-order valence-electron chi connectivity index (χ2n) is 5.50. The monoisotopic (exact) mass is 235 g/mol. The molecule has 4 rings (SSSR count). The van der Waals surface area contributed by atoms with E-state index in [-0.39, 0.29) is 0 Å². The van der Waals surface area contributed by atoms with Gasteiger partial charge in [-0.1, -0.05) is 6.42 Å². The van der Waals surface area contributed by atoms with Crippen LogP contribution in [0.25, 0.3) is 0 Å². The maximum atomic E-state index is 4.80. The molecule has 0 unspecified atom stereocenters. The molecule has 1 spiro atoms. The van der Waals surface area contributed by atoms with E-state index < -0.39 is 0 Å². The number of nitrogens with zero attached hydrogens (tertiary/aromatic N) is 2. The fraction of sp³-hybridized carbons (Fsp3) is 0.750. The number of thiazole rings is 1. The summed E-state index contributed by atoms with van der Waals surface area (Å²) >= 11 is 1.91. The van der Waals surface area contributed by atoms with E-state index in [1.165, 1.54) is 48.1 Å². The van der Waals surface area contributed by atoms with Gasteiger partial charge in [-0.25, -0.2) is 4.98 Å². The summed E-state index contributed by atoms with van der Waals surface area (Å²) in [6.07, 6.45) is 5.48. The summed E-state index contributed by atoms with van der Waals surface area (Å²) in [6.45, 7) is 4.67. The molecule has 0 bridgehead atoms. The van der Waals surface area contributed by atoms with Gasteiger partial charge >= 0.3 is 0 Å². The van der Waals surface area contributed by atoms with E-state index in [0.717, 1.165) is 19.5 Å². The standard InChI is InChI=1S/C12H17N3S/c1-3-12(4-1)7-15(8-12)11-14-9-2-5-13-6-10(9)16-11/h13H,1-8H2. The summed E-state index contributed by atoms with van der Waals surface area (Å²) in [6, 6.07) is 0. The summed E-state index contributed by atoms with van der Waals surface area (Å²) in [5.74, 6) is 0. The zero-order valence-electron chi connectivity index (χ0n) is 9.46. The van der Waals surface area contributed by atoms with Crippen molar-refractivity contribution < 1.29 is 0 Å². The normalized spacial score (nSPS) is 26.1. The Morgan fingerprint density at radius 1 is 1.31 bits per heavy atom. The van der Waals surface area contributed by atoms with E-state index in [9.17, 15) is 0 Å². The Balaban J connectivity index is 1.53. The number of nitrogens with one attached hydrogen (secondary N) is 1. The molecule has 1 N–H and O–H groups in total. The van der Waals surface area contributed by atoms with Crippen molar-refractivity contribution in [2.45, 2.75) is 32.2 Å². The first-order chi connectivity index (χ1) is 7.85. The van der Waals surface area contributed by atoms with Gasteiger partial charge in [0, 0.05) is 42.9 Å². The fourth-order valence-corrected chi connectivity index (χ4v) is 4.21. The Morgan fingerprint density at radius 3 is 2.88 bits per heavy atom. The lowest BCUT2D eigenvalue weighted by molar-refractivity contribution is 0.0903. The number of hydrogen-bond acceptors (Lipinski definition) is 4. The summed E-state index contributed by atoms with van der Waals surface area (Å²) in [5, 5.41) is 4.70. The largest absolute Gasteiger partial charge is 0.347 e. The predicted molar refractivity (Wildman–Crippen MR) is 66.0 cm³/mol. The first-order valence-corrected chi connectivity index (χ1v) is 7.11. The molecule has 3 aliphatic rings. The van der Waals surface area contributed by atoms with Crippen molar-refractivity contribution in [1.29, 1.82) is 0 Å². The van der Waals surface area contributed by atoms with Crippen LogP contribution in [0.3, 0.4) is 0 Å². The van der Waals surface area contributed by atoms with Gasteiger partial charge in [0.15, 0.2) is 5.13 Å². The van der Waals surface area contributed by atoms with Crippen LogP contribution in [0.15, 0.2) is 0 Å². The van der Waals surface area contributed by atoms with Crippen LogP contribution >= 0.6 is 11.3 Å². The van der Waals surface area contributed by atoms with E-state index in [1.807, 2.05) is 11.3 Å². The average Bonchev–Trinajstić information content (AvgIpc) is 2.56. The zero-order valence-corrected chi connectivity index (χ0v) is 10.3. The van der Waals surface area contributed by atoms with E-state index in [0.29, 0.717) is 5.41 Å². The molecule has 0 amide bonds. The quantitative estimate of drug-likeness (QED) is 0.804. The number of hydrogen-bond donors (Lipinski definition) is 1. The van der Waals surface area contributed by atoms with Crippen LogP contribution in [0, 0.1) is 5.41 Å². The summed E-state index contributed by atoms with van der Waals surface area (Å²) in [7, 11) is 0. The molecule has 1 saturated heterocycles. The van der Waals surface area contributed by atoms with Gasteiger partial charge in [-0.3, -0.25) is 0 Å².